The van der Waals surface area contributed by atoms with Crippen LogP contribution in [-0.4, -0.2) is 48.3 Å². The highest BCUT2D eigenvalue weighted by atomic mass is 35.5. The Kier molecular flexibility index (Phi) is 7.45. The summed E-state index contributed by atoms with van der Waals surface area (Å²) in [4.78, 5) is 24.8. The normalized spacial score (nSPS) is 19.4. The summed E-state index contributed by atoms with van der Waals surface area (Å²) in [6.07, 6.45) is 8.74. The molecule has 2 aliphatic rings. The van der Waals surface area contributed by atoms with E-state index in [4.69, 9.17) is 30.8 Å². The molecule has 1 amide bonds. The molecule has 33 heavy (non-hydrogen) atoms. The zero-order chi connectivity index (χ0) is 23.4. The molecule has 0 atom stereocenters. The second-order valence-electron chi connectivity index (χ2n) is 7.71. The minimum atomic E-state index is -0.0671. The first-order valence-electron chi connectivity index (χ1n) is 10.8. The fourth-order valence-corrected chi connectivity index (χ4v) is 5.37. The summed E-state index contributed by atoms with van der Waals surface area (Å²) in [6.45, 7) is 0. The quantitative estimate of drug-likeness (QED) is 0.384. The van der Waals surface area contributed by atoms with Gasteiger partial charge < -0.3 is 14.2 Å². The Balaban J connectivity index is 1.77. The number of amidine groups is 1. The van der Waals surface area contributed by atoms with Crippen LogP contribution < -0.4 is 14.2 Å². The summed E-state index contributed by atoms with van der Waals surface area (Å²) in [5, 5.41) is 0.924. The van der Waals surface area contributed by atoms with Crippen molar-refractivity contribution in [3.8, 4) is 17.2 Å². The van der Waals surface area contributed by atoms with Crippen LogP contribution in [0.5, 0.6) is 17.2 Å². The maximum Gasteiger partial charge on any atom is 0.267 e. The second kappa shape index (κ2) is 10.5. The summed E-state index contributed by atoms with van der Waals surface area (Å²) in [5.74, 6) is 1.47. The Bertz CT molecular complexity index is 1100. The van der Waals surface area contributed by atoms with Crippen molar-refractivity contribution >= 4 is 46.2 Å². The van der Waals surface area contributed by atoms with Crippen molar-refractivity contribution in [3.05, 3.63) is 46.1 Å². The number of ether oxygens (including phenoxy) is 3. The molecule has 2 heterocycles. The minimum Gasteiger partial charge on any atom is -0.493 e. The maximum absolute atomic E-state index is 13.6. The van der Waals surface area contributed by atoms with Crippen molar-refractivity contribution in [2.75, 3.05) is 21.3 Å². The number of aliphatic imine (C=N–C) groups is 1. The van der Waals surface area contributed by atoms with Crippen molar-refractivity contribution in [2.24, 2.45) is 4.99 Å². The lowest BCUT2D eigenvalue weighted by Crippen LogP contribution is -2.40. The molecule has 9 heteroatoms. The third kappa shape index (κ3) is 4.82. The van der Waals surface area contributed by atoms with Gasteiger partial charge in [0.2, 0.25) is 5.75 Å². The van der Waals surface area contributed by atoms with Gasteiger partial charge in [-0.25, -0.2) is 9.98 Å². The number of hydrogen-bond donors (Lipinski definition) is 0. The highest BCUT2D eigenvalue weighted by molar-refractivity contribution is 8.18. The van der Waals surface area contributed by atoms with Gasteiger partial charge in [-0.2, -0.15) is 0 Å². The van der Waals surface area contributed by atoms with Crippen LogP contribution >= 0.6 is 23.4 Å². The number of carbonyl (C=O) groups is 1. The molecule has 0 spiro atoms. The van der Waals surface area contributed by atoms with E-state index in [9.17, 15) is 4.79 Å². The molecule has 0 N–H and O–H groups in total. The first-order chi connectivity index (χ1) is 16.1. The molecular formula is C24H26ClN3O4S. The number of benzene rings is 1. The molecule has 174 valence electrons. The molecule has 0 radical (unpaired) electrons. The minimum absolute atomic E-state index is 0.0671. The number of thioether (sulfide) groups is 1. The molecule has 1 aromatic heterocycles. The predicted molar refractivity (Wildman–Crippen MR) is 132 cm³/mol. The molecule has 4 rings (SSSR count). The number of pyridine rings is 1. The smallest absolute Gasteiger partial charge is 0.267 e. The zero-order valence-corrected chi connectivity index (χ0v) is 20.4. The summed E-state index contributed by atoms with van der Waals surface area (Å²) < 4.78 is 16.5. The number of aromatic nitrogens is 1. The Hall–Kier alpha value is -2.71. The average molecular weight is 488 g/mol. The molecule has 1 aliphatic heterocycles. The molecule has 1 aliphatic carbocycles. The topological polar surface area (TPSA) is 73.3 Å². The van der Waals surface area contributed by atoms with Crippen molar-refractivity contribution in [1.29, 1.82) is 0 Å². The molecule has 0 unspecified atom stereocenters. The van der Waals surface area contributed by atoms with Crippen LogP contribution in [-0.2, 0) is 4.79 Å². The van der Waals surface area contributed by atoms with E-state index in [1.54, 1.807) is 45.7 Å². The number of nitrogens with zero attached hydrogens (tertiary/aromatic N) is 3. The van der Waals surface area contributed by atoms with E-state index in [0.29, 0.717) is 38.2 Å². The van der Waals surface area contributed by atoms with Crippen molar-refractivity contribution in [1.82, 2.24) is 9.88 Å². The largest absolute Gasteiger partial charge is 0.493 e. The molecular weight excluding hydrogens is 462 g/mol. The van der Waals surface area contributed by atoms with Gasteiger partial charge in [0.1, 0.15) is 5.69 Å². The predicted octanol–water partition coefficient (Wildman–Crippen LogP) is 5.70. The third-order valence-corrected chi connectivity index (χ3v) is 7.03. The lowest BCUT2D eigenvalue weighted by atomic mass is 9.94. The lowest BCUT2D eigenvalue weighted by molar-refractivity contribution is -0.124. The maximum atomic E-state index is 13.6. The zero-order valence-electron chi connectivity index (χ0n) is 18.8. The molecule has 1 saturated carbocycles. The first kappa shape index (κ1) is 23.4. The van der Waals surface area contributed by atoms with Gasteiger partial charge in [0.25, 0.3) is 5.91 Å². The molecule has 7 nitrogen and oxygen atoms in total. The Morgan fingerprint density at radius 1 is 1.09 bits per heavy atom. The SMILES string of the molecule is COc1ccc(/C=C2\SC(=Nc3cccnc3Cl)N(C3CCCCC3)C2=O)c(OC)c1OC. The monoisotopic (exact) mass is 487 g/mol. The first-order valence-corrected chi connectivity index (χ1v) is 12.0. The Morgan fingerprint density at radius 2 is 1.85 bits per heavy atom. The van der Waals surface area contributed by atoms with Crippen LogP contribution in [0.25, 0.3) is 6.08 Å². The lowest BCUT2D eigenvalue weighted by Gasteiger charge is -2.30. The highest BCUT2D eigenvalue weighted by Crippen LogP contribution is 2.44. The van der Waals surface area contributed by atoms with Crippen molar-refractivity contribution < 1.29 is 19.0 Å². The van der Waals surface area contributed by atoms with Crippen LogP contribution in [0.4, 0.5) is 5.69 Å². The van der Waals surface area contributed by atoms with E-state index in [2.05, 4.69) is 4.98 Å². The van der Waals surface area contributed by atoms with Gasteiger partial charge in [0.05, 0.1) is 26.2 Å². The van der Waals surface area contributed by atoms with Gasteiger partial charge in [-0.15, -0.1) is 0 Å². The number of carbonyl (C=O) groups excluding carboxylic acids is 1. The standard InChI is InChI=1S/C24H26ClN3O4S/c1-30-18-12-11-15(20(31-2)21(18)32-3)14-19-23(29)28(16-8-5-4-6-9-16)24(33-19)27-17-10-7-13-26-22(17)25/h7,10-14,16H,4-6,8-9H2,1-3H3/b19-14-,27-24?. The van der Waals surface area contributed by atoms with Crippen LogP contribution in [0.1, 0.15) is 37.7 Å². The van der Waals surface area contributed by atoms with Crippen LogP contribution in [0.2, 0.25) is 5.15 Å². The Labute approximate surface area is 202 Å². The van der Waals surface area contributed by atoms with Crippen molar-refractivity contribution in [3.63, 3.8) is 0 Å². The van der Waals surface area contributed by atoms with Gasteiger partial charge >= 0.3 is 0 Å². The van der Waals surface area contributed by atoms with Crippen LogP contribution in [0.15, 0.2) is 40.4 Å². The number of rotatable bonds is 6. The summed E-state index contributed by atoms with van der Waals surface area (Å²) >= 11 is 7.59. The van der Waals surface area contributed by atoms with E-state index < -0.39 is 0 Å². The Morgan fingerprint density at radius 3 is 2.52 bits per heavy atom. The molecule has 1 aromatic carbocycles. The van der Waals surface area contributed by atoms with Crippen LogP contribution in [0, 0.1) is 0 Å². The fraction of sp³-hybridized carbons (Fsp3) is 0.375. The van der Waals surface area contributed by atoms with Gasteiger partial charge in [0.15, 0.2) is 21.8 Å². The van der Waals surface area contributed by atoms with E-state index in [1.807, 2.05) is 17.0 Å². The molecule has 0 bridgehead atoms. The van der Waals surface area contributed by atoms with Gasteiger partial charge in [-0.3, -0.25) is 9.69 Å². The number of amides is 1. The molecule has 2 aromatic rings. The highest BCUT2D eigenvalue weighted by Gasteiger charge is 2.39. The number of methoxy groups -OCH3 is 3. The van der Waals surface area contributed by atoms with E-state index in [-0.39, 0.29) is 11.9 Å². The van der Waals surface area contributed by atoms with Gasteiger partial charge in [-0.1, -0.05) is 30.9 Å². The summed E-state index contributed by atoms with van der Waals surface area (Å²) in [7, 11) is 4.69. The van der Waals surface area contributed by atoms with Crippen molar-refractivity contribution in [2.45, 2.75) is 38.1 Å². The van der Waals surface area contributed by atoms with Gasteiger partial charge in [-0.05, 0) is 54.9 Å². The van der Waals surface area contributed by atoms with E-state index >= 15 is 0 Å². The van der Waals surface area contributed by atoms with E-state index in [1.165, 1.54) is 18.2 Å². The van der Waals surface area contributed by atoms with Gasteiger partial charge in [0, 0.05) is 17.8 Å². The summed E-state index contributed by atoms with van der Waals surface area (Å²) in [6, 6.07) is 7.33. The molecule has 1 saturated heterocycles. The number of hydrogen-bond acceptors (Lipinski definition) is 7. The second-order valence-corrected chi connectivity index (χ2v) is 9.08. The molecule has 2 fully saturated rings. The summed E-state index contributed by atoms with van der Waals surface area (Å²) in [5.41, 5.74) is 1.26. The fourth-order valence-electron chi connectivity index (χ4n) is 4.17. The van der Waals surface area contributed by atoms with E-state index in [0.717, 1.165) is 31.2 Å². The number of halogens is 1. The van der Waals surface area contributed by atoms with Crippen LogP contribution in [0.3, 0.4) is 0 Å². The average Bonchev–Trinajstić information content (AvgIpc) is 3.14. The third-order valence-electron chi connectivity index (χ3n) is 5.75.